The molecule has 0 spiro atoms. The summed E-state index contributed by atoms with van der Waals surface area (Å²) >= 11 is 0. The molecule has 0 bridgehead atoms. The quantitative estimate of drug-likeness (QED) is 0.546. The molecule has 0 fully saturated rings. The van der Waals surface area contributed by atoms with Crippen LogP contribution in [0.15, 0.2) is 71.1 Å². The van der Waals surface area contributed by atoms with Crippen molar-refractivity contribution < 1.29 is 17.6 Å². The predicted molar refractivity (Wildman–Crippen MR) is 89.1 cm³/mol. The van der Waals surface area contributed by atoms with Gasteiger partial charge in [-0.15, -0.1) is 0 Å². The fraction of sp³-hybridized carbons (Fsp3) is 0.0500. The summed E-state index contributed by atoms with van der Waals surface area (Å²) in [5, 5.41) is 9.31. The number of furan rings is 1. The van der Waals surface area contributed by atoms with E-state index in [1.54, 1.807) is 36.4 Å². The fourth-order valence-corrected chi connectivity index (χ4v) is 2.37. The van der Waals surface area contributed by atoms with Gasteiger partial charge in [0.15, 0.2) is 0 Å². The van der Waals surface area contributed by atoms with Crippen molar-refractivity contribution in [1.82, 2.24) is 0 Å². The van der Waals surface area contributed by atoms with Crippen molar-refractivity contribution in [2.75, 3.05) is 0 Å². The van der Waals surface area contributed by atoms with Gasteiger partial charge in [0, 0.05) is 5.56 Å². The summed E-state index contributed by atoms with van der Waals surface area (Å²) in [6.07, 6.45) is -2.85. The molecule has 0 saturated carbocycles. The van der Waals surface area contributed by atoms with Crippen LogP contribution >= 0.6 is 0 Å². The number of halogens is 3. The summed E-state index contributed by atoms with van der Waals surface area (Å²) < 4.78 is 44.1. The maximum atomic E-state index is 12.8. The first-order valence-electron chi connectivity index (χ1n) is 7.42. The highest BCUT2D eigenvalue weighted by molar-refractivity contribution is 5.88. The van der Waals surface area contributed by atoms with Crippen molar-refractivity contribution in [3.05, 3.63) is 83.6 Å². The molecule has 0 unspecified atom stereocenters. The lowest BCUT2D eigenvalue weighted by atomic mass is 10.1. The van der Waals surface area contributed by atoms with E-state index in [1.807, 2.05) is 18.2 Å². The van der Waals surface area contributed by atoms with Crippen molar-refractivity contribution in [2.24, 2.45) is 0 Å². The molecule has 2 nitrogen and oxygen atoms in total. The molecule has 3 rings (SSSR count). The van der Waals surface area contributed by atoms with Crippen molar-refractivity contribution in [3.8, 4) is 17.4 Å². The number of rotatable bonds is 3. The minimum atomic E-state index is -4.41. The van der Waals surface area contributed by atoms with Crippen LogP contribution in [0.1, 0.15) is 16.9 Å². The second-order valence-corrected chi connectivity index (χ2v) is 5.32. The molecular formula is C20H12F3NO. The number of alkyl halides is 3. The van der Waals surface area contributed by atoms with E-state index in [-0.39, 0.29) is 0 Å². The first-order valence-corrected chi connectivity index (χ1v) is 7.42. The molecule has 1 aromatic heterocycles. The molecule has 5 heteroatoms. The van der Waals surface area contributed by atoms with Gasteiger partial charge in [0.05, 0.1) is 17.2 Å². The van der Waals surface area contributed by atoms with Crippen molar-refractivity contribution in [3.63, 3.8) is 0 Å². The zero-order valence-electron chi connectivity index (χ0n) is 12.9. The summed E-state index contributed by atoms with van der Waals surface area (Å²) in [4.78, 5) is 0. The van der Waals surface area contributed by atoms with Crippen LogP contribution in [0.3, 0.4) is 0 Å². The molecule has 0 saturated heterocycles. The minimum absolute atomic E-state index is 0.308. The van der Waals surface area contributed by atoms with Gasteiger partial charge < -0.3 is 4.42 Å². The van der Waals surface area contributed by atoms with Gasteiger partial charge in [-0.1, -0.05) is 42.5 Å². The van der Waals surface area contributed by atoms with Gasteiger partial charge in [-0.2, -0.15) is 18.4 Å². The second kappa shape index (κ2) is 6.70. The lowest BCUT2D eigenvalue weighted by Crippen LogP contribution is -2.04. The summed E-state index contributed by atoms with van der Waals surface area (Å²) in [5.41, 5.74) is 0.737. The monoisotopic (exact) mass is 339 g/mol. The van der Waals surface area contributed by atoms with E-state index < -0.39 is 11.7 Å². The van der Waals surface area contributed by atoms with Gasteiger partial charge in [0.25, 0.3) is 0 Å². The van der Waals surface area contributed by atoms with E-state index in [2.05, 4.69) is 6.07 Å². The minimum Gasteiger partial charge on any atom is -0.457 e. The Kier molecular flexibility index (Phi) is 4.44. The molecule has 0 N–H and O–H groups in total. The molecular weight excluding hydrogens is 327 g/mol. The van der Waals surface area contributed by atoms with E-state index >= 15 is 0 Å². The van der Waals surface area contributed by atoms with Crippen LogP contribution < -0.4 is 0 Å². The van der Waals surface area contributed by atoms with Gasteiger partial charge in [-0.05, 0) is 35.9 Å². The third-order valence-electron chi connectivity index (χ3n) is 3.59. The molecule has 0 aliphatic carbocycles. The Bertz CT molecular complexity index is 947. The number of benzene rings is 2. The first-order chi connectivity index (χ1) is 12.0. The van der Waals surface area contributed by atoms with Crippen LogP contribution in [0.4, 0.5) is 13.2 Å². The predicted octanol–water partition coefficient (Wildman–Crippen LogP) is 6.03. The Labute approximate surface area is 142 Å². The summed E-state index contributed by atoms with van der Waals surface area (Å²) in [6.45, 7) is 0. The number of hydrogen-bond acceptors (Lipinski definition) is 2. The van der Waals surface area contributed by atoms with Crippen LogP contribution in [0.25, 0.3) is 23.0 Å². The molecule has 1 heterocycles. The zero-order chi connectivity index (χ0) is 17.9. The van der Waals surface area contributed by atoms with Crippen LogP contribution in [-0.4, -0.2) is 0 Å². The molecule has 124 valence electrons. The maximum Gasteiger partial charge on any atom is 0.416 e. The average Bonchev–Trinajstić information content (AvgIpc) is 3.08. The van der Waals surface area contributed by atoms with Crippen LogP contribution in [0.5, 0.6) is 0 Å². The second-order valence-electron chi connectivity index (χ2n) is 5.32. The molecule has 0 radical (unpaired) electrons. The molecule has 2 aromatic carbocycles. The number of nitrogens with zero attached hydrogens (tertiary/aromatic N) is 1. The van der Waals surface area contributed by atoms with Gasteiger partial charge in [0.1, 0.15) is 11.5 Å². The fourth-order valence-electron chi connectivity index (χ4n) is 2.37. The Morgan fingerprint density at radius 3 is 2.40 bits per heavy atom. The maximum absolute atomic E-state index is 12.8. The summed E-state index contributed by atoms with van der Waals surface area (Å²) in [5.74, 6) is 0.704. The lowest BCUT2D eigenvalue weighted by Gasteiger charge is -2.07. The summed E-state index contributed by atoms with van der Waals surface area (Å²) in [7, 11) is 0. The number of allylic oxidation sites excluding steroid dienone is 1. The van der Waals surface area contributed by atoms with Gasteiger partial charge in [-0.25, -0.2) is 0 Å². The number of nitriles is 1. The Morgan fingerprint density at radius 2 is 1.72 bits per heavy atom. The molecule has 3 aromatic rings. The molecule has 0 atom stereocenters. The van der Waals surface area contributed by atoms with Crippen molar-refractivity contribution >= 4 is 11.6 Å². The SMILES string of the molecule is N#CC(=Cc1ccc(-c2cccc(C(F)(F)F)c2)o1)c1ccccc1. The average molecular weight is 339 g/mol. The zero-order valence-corrected chi connectivity index (χ0v) is 12.9. The van der Waals surface area contributed by atoms with Crippen molar-refractivity contribution in [2.45, 2.75) is 6.18 Å². The highest BCUT2D eigenvalue weighted by Crippen LogP contribution is 2.33. The topological polar surface area (TPSA) is 36.9 Å². The van der Waals surface area contributed by atoms with E-state index in [0.29, 0.717) is 22.7 Å². The number of hydrogen-bond donors (Lipinski definition) is 0. The Balaban J connectivity index is 1.93. The molecule has 0 aliphatic heterocycles. The van der Waals surface area contributed by atoms with E-state index in [1.165, 1.54) is 6.07 Å². The van der Waals surface area contributed by atoms with E-state index in [0.717, 1.165) is 17.7 Å². The van der Waals surface area contributed by atoms with Gasteiger partial charge >= 0.3 is 6.18 Å². The summed E-state index contributed by atoms with van der Waals surface area (Å²) in [6, 6.07) is 19.3. The van der Waals surface area contributed by atoms with E-state index in [9.17, 15) is 18.4 Å². The molecule has 0 amide bonds. The molecule has 0 aliphatic rings. The normalized spacial score (nSPS) is 12.0. The molecule has 25 heavy (non-hydrogen) atoms. The van der Waals surface area contributed by atoms with Gasteiger partial charge in [-0.3, -0.25) is 0 Å². The Morgan fingerprint density at radius 1 is 0.960 bits per heavy atom. The standard InChI is InChI=1S/C20H12F3NO/c21-20(22,23)17-8-4-7-15(11-17)19-10-9-18(25-19)12-16(13-24)14-5-2-1-3-6-14/h1-12H. The van der Waals surface area contributed by atoms with Gasteiger partial charge in [0.2, 0.25) is 0 Å². The Hall–Kier alpha value is -3.26. The van der Waals surface area contributed by atoms with Crippen LogP contribution in [-0.2, 0) is 6.18 Å². The third kappa shape index (κ3) is 3.81. The van der Waals surface area contributed by atoms with E-state index in [4.69, 9.17) is 4.42 Å². The van der Waals surface area contributed by atoms with Crippen LogP contribution in [0, 0.1) is 11.3 Å². The first kappa shape index (κ1) is 16.6. The highest BCUT2D eigenvalue weighted by atomic mass is 19.4. The largest absolute Gasteiger partial charge is 0.457 e. The van der Waals surface area contributed by atoms with Crippen molar-refractivity contribution in [1.29, 1.82) is 5.26 Å². The highest BCUT2D eigenvalue weighted by Gasteiger charge is 2.30. The van der Waals surface area contributed by atoms with Crippen LogP contribution in [0.2, 0.25) is 0 Å². The smallest absolute Gasteiger partial charge is 0.416 e. The third-order valence-corrected chi connectivity index (χ3v) is 3.59. The lowest BCUT2D eigenvalue weighted by molar-refractivity contribution is -0.137.